The summed E-state index contributed by atoms with van der Waals surface area (Å²) in [5, 5.41) is 1.13. The first-order valence-corrected chi connectivity index (χ1v) is 8.95. The number of rotatable bonds is 6. The number of nitrogens with one attached hydrogen (secondary N) is 1. The predicted molar refractivity (Wildman–Crippen MR) is 96.9 cm³/mol. The van der Waals surface area contributed by atoms with Crippen molar-refractivity contribution < 1.29 is 13.2 Å². The van der Waals surface area contributed by atoms with Gasteiger partial charge in [0.25, 0.3) is 10.0 Å². The van der Waals surface area contributed by atoms with Gasteiger partial charge in [-0.05, 0) is 29.3 Å². The van der Waals surface area contributed by atoms with E-state index in [1.165, 1.54) is 11.0 Å². The standard InChI is InChI=1S/C18H20N2O3S/c1-20(2)18(21)14-16-8-10-17(11-9-16)19-24(22,23)13-12-15-6-4-3-5-7-15/h3-13,19H,14H2,1-2H3/b13-12+. The maximum atomic E-state index is 12.1. The normalized spacial score (nSPS) is 11.4. The molecule has 0 fully saturated rings. The third-order valence-corrected chi connectivity index (χ3v) is 4.32. The van der Waals surface area contributed by atoms with Crippen LogP contribution in [0.4, 0.5) is 5.69 Å². The molecule has 0 aromatic heterocycles. The van der Waals surface area contributed by atoms with Gasteiger partial charge in [-0.1, -0.05) is 42.5 Å². The Balaban J connectivity index is 2.02. The van der Waals surface area contributed by atoms with Gasteiger partial charge in [-0.15, -0.1) is 0 Å². The zero-order chi connectivity index (χ0) is 17.6. The Morgan fingerprint density at radius 3 is 2.25 bits per heavy atom. The highest BCUT2D eigenvalue weighted by Crippen LogP contribution is 2.13. The summed E-state index contributed by atoms with van der Waals surface area (Å²) >= 11 is 0. The molecule has 0 saturated heterocycles. The minimum Gasteiger partial charge on any atom is -0.349 e. The van der Waals surface area contributed by atoms with Gasteiger partial charge in [-0.2, -0.15) is 0 Å². The number of nitrogens with zero attached hydrogens (tertiary/aromatic N) is 1. The molecule has 0 bridgehead atoms. The van der Waals surface area contributed by atoms with E-state index in [2.05, 4.69) is 4.72 Å². The van der Waals surface area contributed by atoms with Gasteiger partial charge in [0.15, 0.2) is 0 Å². The van der Waals surface area contributed by atoms with E-state index in [1.54, 1.807) is 38.4 Å². The van der Waals surface area contributed by atoms with Gasteiger partial charge in [-0.25, -0.2) is 8.42 Å². The molecule has 0 radical (unpaired) electrons. The highest BCUT2D eigenvalue weighted by atomic mass is 32.2. The minimum atomic E-state index is -3.59. The van der Waals surface area contributed by atoms with Crippen molar-refractivity contribution in [3.8, 4) is 0 Å². The van der Waals surface area contributed by atoms with Crippen LogP contribution < -0.4 is 4.72 Å². The van der Waals surface area contributed by atoms with Crippen LogP contribution in [0.15, 0.2) is 60.0 Å². The number of carbonyl (C=O) groups excluding carboxylic acids is 1. The number of anilines is 1. The third-order valence-electron chi connectivity index (χ3n) is 3.31. The van der Waals surface area contributed by atoms with Crippen molar-refractivity contribution >= 4 is 27.7 Å². The van der Waals surface area contributed by atoms with E-state index in [-0.39, 0.29) is 12.3 Å². The summed E-state index contributed by atoms with van der Waals surface area (Å²) in [5.74, 6) is -0.00544. The molecule has 0 heterocycles. The zero-order valence-corrected chi connectivity index (χ0v) is 14.5. The van der Waals surface area contributed by atoms with Crippen molar-refractivity contribution in [3.63, 3.8) is 0 Å². The maximum Gasteiger partial charge on any atom is 0.255 e. The van der Waals surface area contributed by atoms with E-state index in [0.29, 0.717) is 5.69 Å². The average molecular weight is 344 g/mol. The Bertz CT molecular complexity index is 811. The lowest BCUT2D eigenvalue weighted by Gasteiger charge is -2.10. The fraction of sp³-hybridized carbons (Fsp3) is 0.167. The molecule has 126 valence electrons. The van der Waals surface area contributed by atoms with Crippen LogP contribution >= 0.6 is 0 Å². The molecule has 0 spiro atoms. The van der Waals surface area contributed by atoms with Crippen LogP contribution in [-0.4, -0.2) is 33.3 Å². The highest BCUT2D eigenvalue weighted by Gasteiger charge is 2.08. The number of hydrogen-bond acceptors (Lipinski definition) is 3. The van der Waals surface area contributed by atoms with Crippen LogP contribution in [0.2, 0.25) is 0 Å². The number of likely N-dealkylation sites (N-methyl/N-ethyl adjacent to an activating group) is 1. The van der Waals surface area contributed by atoms with Gasteiger partial charge in [-0.3, -0.25) is 9.52 Å². The second-order valence-corrected chi connectivity index (χ2v) is 7.09. The summed E-state index contributed by atoms with van der Waals surface area (Å²) in [7, 11) is -0.191. The molecular weight excluding hydrogens is 324 g/mol. The lowest BCUT2D eigenvalue weighted by Crippen LogP contribution is -2.23. The first kappa shape index (κ1) is 17.7. The van der Waals surface area contributed by atoms with Crippen LogP contribution in [0, 0.1) is 0 Å². The molecule has 0 unspecified atom stereocenters. The second-order valence-electron chi connectivity index (χ2n) is 5.52. The largest absolute Gasteiger partial charge is 0.349 e. The fourth-order valence-corrected chi connectivity index (χ4v) is 2.82. The zero-order valence-electron chi connectivity index (χ0n) is 13.6. The highest BCUT2D eigenvalue weighted by molar-refractivity contribution is 7.95. The van der Waals surface area contributed by atoms with E-state index in [0.717, 1.165) is 16.5 Å². The molecule has 6 heteroatoms. The number of sulfonamides is 1. The molecule has 2 aromatic rings. The average Bonchev–Trinajstić information content (AvgIpc) is 2.55. The fourth-order valence-electron chi connectivity index (χ4n) is 1.95. The summed E-state index contributed by atoms with van der Waals surface area (Å²) in [6.45, 7) is 0. The molecular formula is C18H20N2O3S. The summed E-state index contributed by atoms with van der Waals surface area (Å²) in [5.41, 5.74) is 2.09. The number of hydrogen-bond donors (Lipinski definition) is 1. The molecule has 0 saturated carbocycles. The van der Waals surface area contributed by atoms with Gasteiger partial charge >= 0.3 is 0 Å². The van der Waals surface area contributed by atoms with Gasteiger partial charge in [0.2, 0.25) is 5.91 Å². The molecule has 0 aliphatic heterocycles. The molecule has 2 aromatic carbocycles. The van der Waals surface area contributed by atoms with Crippen molar-refractivity contribution in [1.29, 1.82) is 0 Å². The predicted octanol–water partition coefficient (Wildman–Crippen LogP) is 2.73. The van der Waals surface area contributed by atoms with E-state index >= 15 is 0 Å². The van der Waals surface area contributed by atoms with Gasteiger partial charge in [0.1, 0.15) is 0 Å². The minimum absolute atomic E-state index is 0.00544. The monoisotopic (exact) mass is 344 g/mol. The topological polar surface area (TPSA) is 66.5 Å². The van der Waals surface area contributed by atoms with E-state index < -0.39 is 10.0 Å². The molecule has 24 heavy (non-hydrogen) atoms. The van der Waals surface area contributed by atoms with Crippen molar-refractivity contribution in [2.75, 3.05) is 18.8 Å². The Hall–Kier alpha value is -2.60. The smallest absolute Gasteiger partial charge is 0.255 e. The van der Waals surface area contributed by atoms with Crippen LogP contribution in [0.3, 0.4) is 0 Å². The van der Waals surface area contributed by atoms with Crippen LogP contribution in [-0.2, 0) is 21.2 Å². The molecule has 1 N–H and O–H groups in total. The van der Waals surface area contributed by atoms with E-state index in [4.69, 9.17) is 0 Å². The van der Waals surface area contributed by atoms with E-state index in [1.807, 2.05) is 30.3 Å². The van der Waals surface area contributed by atoms with Crippen molar-refractivity contribution in [2.45, 2.75) is 6.42 Å². The molecule has 1 amide bonds. The SMILES string of the molecule is CN(C)C(=O)Cc1ccc(NS(=O)(=O)/C=C/c2ccccc2)cc1. The quantitative estimate of drug-likeness (QED) is 0.876. The summed E-state index contributed by atoms with van der Waals surface area (Å²) in [4.78, 5) is 13.2. The van der Waals surface area contributed by atoms with Crippen molar-refractivity contribution in [3.05, 3.63) is 71.1 Å². The number of carbonyl (C=O) groups is 1. The number of benzene rings is 2. The lowest BCUT2D eigenvalue weighted by molar-refractivity contribution is -0.127. The van der Waals surface area contributed by atoms with Crippen molar-refractivity contribution in [1.82, 2.24) is 4.90 Å². The van der Waals surface area contributed by atoms with E-state index in [9.17, 15) is 13.2 Å². The first-order valence-electron chi connectivity index (χ1n) is 7.41. The van der Waals surface area contributed by atoms with Gasteiger partial charge in [0.05, 0.1) is 11.8 Å². The first-order chi connectivity index (χ1) is 11.4. The van der Waals surface area contributed by atoms with Crippen molar-refractivity contribution in [2.24, 2.45) is 0 Å². The molecule has 0 aliphatic rings. The Kier molecular flexibility index (Phi) is 5.76. The van der Waals surface area contributed by atoms with Crippen LogP contribution in [0.25, 0.3) is 6.08 Å². The molecule has 2 rings (SSSR count). The third kappa shape index (κ3) is 5.55. The van der Waals surface area contributed by atoms with Crippen LogP contribution in [0.5, 0.6) is 0 Å². The number of amides is 1. The Morgan fingerprint density at radius 1 is 1.04 bits per heavy atom. The lowest BCUT2D eigenvalue weighted by atomic mass is 10.1. The summed E-state index contributed by atoms with van der Waals surface area (Å²) in [6, 6.07) is 16.0. The molecule has 0 atom stereocenters. The Morgan fingerprint density at radius 2 is 1.67 bits per heavy atom. The Labute approximate surface area is 142 Å². The summed E-state index contributed by atoms with van der Waals surface area (Å²) < 4.78 is 26.6. The maximum absolute atomic E-state index is 12.1. The summed E-state index contributed by atoms with van der Waals surface area (Å²) in [6.07, 6.45) is 1.82. The molecule has 0 aliphatic carbocycles. The van der Waals surface area contributed by atoms with Gasteiger partial charge < -0.3 is 4.90 Å². The molecule has 5 nitrogen and oxygen atoms in total. The van der Waals surface area contributed by atoms with Gasteiger partial charge in [0, 0.05) is 19.8 Å². The second kappa shape index (κ2) is 7.79. The van der Waals surface area contributed by atoms with Crippen LogP contribution in [0.1, 0.15) is 11.1 Å².